The SMILES string of the molecule is CCCCCCC(CC(=O)O)N=O. The topological polar surface area (TPSA) is 66.7 Å². The van der Waals surface area contributed by atoms with Gasteiger partial charge in [0.05, 0.1) is 6.42 Å². The van der Waals surface area contributed by atoms with Crippen LogP contribution in [0, 0.1) is 4.91 Å². The van der Waals surface area contributed by atoms with E-state index < -0.39 is 12.0 Å². The molecule has 4 nitrogen and oxygen atoms in total. The van der Waals surface area contributed by atoms with Crippen LogP contribution in [0.3, 0.4) is 0 Å². The van der Waals surface area contributed by atoms with Crippen molar-refractivity contribution < 1.29 is 9.90 Å². The van der Waals surface area contributed by atoms with Crippen LogP contribution in [0.15, 0.2) is 5.18 Å². The van der Waals surface area contributed by atoms with E-state index in [1.165, 1.54) is 0 Å². The number of carbonyl (C=O) groups is 1. The molecule has 0 saturated carbocycles. The quantitative estimate of drug-likeness (QED) is 0.469. The van der Waals surface area contributed by atoms with Gasteiger partial charge >= 0.3 is 5.97 Å². The average molecular weight is 187 g/mol. The van der Waals surface area contributed by atoms with Crippen molar-refractivity contribution in [3.63, 3.8) is 0 Å². The molecule has 0 aliphatic rings. The molecule has 0 aromatic rings. The number of carboxylic acid groups (broad SMARTS) is 1. The zero-order valence-electron chi connectivity index (χ0n) is 8.03. The van der Waals surface area contributed by atoms with Gasteiger partial charge in [0, 0.05) is 0 Å². The summed E-state index contributed by atoms with van der Waals surface area (Å²) in [6, 6.07) is -0.533. The minimum absolute atomic E-state index is 0.129. The van der Waals surface area contributed by atoms with Gasteiger partial charge in [-0.15, -0.1) is 0 Å². The molecule has 1 N–H and O–H groups in total. The van der Waals surface area contributed by atoms with Crippen molar-refractivity contribution in [3.8, 4) is 0 Å². The summed E-state index contributed by atoms with van der Waals surface area (Å²) < 4.78 is 0. The molecule has 0 rings (SSSR count). The van der Waals surface area contributed by atoms with Crippen LogP contribution in [0.2, 0.25) is 0 Å². The van der Waals surface area contributed by atoms with E-state index in [4.69, 9.17) is 5.11 Å². The lowest BCUT2D eigenvalue weighted by molar-refractivity contribution is -0.137. The van der Waals surface area contributed by atoms with Gasteiger partial charge in [-0.1, -0.05) is 37.8 Å². The van der Waals surface area contributed by atoms with Crippen LogP contribution in [-0.4, -0.2) is 17.1 Å². The standard InChI is InChI=1S/C9H17NO3/c1-2-3-4-5-6-8(10-13)7-9(11)12/h8H,2-7H2,1H3,(H,11,12). The Hall–Kier alpha value is -0.930. The third-order valence-electron chi connectivity index (χ3n) is 1.95. The summed E-state index contributed by atoms with van der Waals surface area (Å²) in [6.07, 6.45) is 4.71. The summed E-state index contributed by atoms with van der Waals surface area (Å²) in [4.78, 5) is 20.4. The molecule has 76 valence electrons. The maximum atomic E-state index is 10.3. The van der Waals surface area contributed by atoms with Gasteiger partial charge in [-0.05, 0) is 6.42 Å². The zero-order valence-corrected chi connectivity index (χ0v) is 8.03. The third-order valence-corrected chi connectivity index (χ3v) is 1.95. The number of hydrogen-bond donors (Lipinski definition) is 1. The van der Waals surface area contributed by atoms with E-state index in [1.807, 2.05) is 0 Å². The van der Waals surface area contributed by atoms with Crippen molar-refractivity contribution in [3.05, 3.63) is 4.91 Å². The summed E-state index contributed by atoms with van der Waals surface area (Å²) in [7, 11) is 0. The van der Waals surface area contributed by atoms with E-state index >= 15 is 0 Å². The zero-order chi connectivity index (χ0) is 10.1. The van der Waals surface area contributed by atoms with Crippen LogP contribution in [-0.2, 0) is 4.79 Å². The number of unbranched alkanes of at least 4 members (excludes halogenated alkanes) is 3. The van der Waals surface area contributed by atoms with Gasteiger partial charge in [0.25, 0.3) is 0 Å². The number of hydrogen-bond acceptors (Lipinski definition) is 3. The van der Waals surface area contributed by atoms with E-state index in [-0.39, 0.29) is 6.42 Å². The van der Waals surface area contributed by atoms with Gasteiger partial charge in [-0.3, -0.25) is 4.79 Å². The van der Waals surface area contributed by atoms with Crippen LogP contribution in [0.4, 0.5) is 0 Å². The molecule has 0 heterocycles. The lowest BCUT2D eigenvalue weighted by Crippen LogP contribution is -2.10. The van der Waals surface area contributed by atoms with Crippen molar-refractivity contribution in [1.29, 1.82) is 0 Å². The summed E-state index contributed by atoms with van der Waals surface area (Å²) >= 11 is 0. The Bertz CT molecular complexity index is 159. The van der Waals surface area contributed by atoms with Crippen molar-refractivity contribution in [1.82, 2.24) is 0 Å². The molecule has 0 amide bonds. The van der Waals surface area contributed by atoms with Crippen LogP contribution in [0.25, 0.3) is 0 Å². The van der Waals surface area contributed by atoms with E-state index in [9.17, 15) is 9.70 Å². The molecule has 0 aliphatic carbocycles. The Morgan fingerprint density at radius 2 is 2.08 bits per heavy atom. The van der Waals surface area contributed by atoms with Crippen LogP contribution < -0.4 is 0 Å². The lowest BCUT2D eigenvalue weighted by Gasteiger charge is -2.04. The molecule has 0 spiro atoms. The Kier molecular flexibility index (Phi) is 7.15. The molecule has 1 atom stereocenters. The van der Waals surface area contributed by atoms with Gasteiger partial charge < -0.3 is 5.11 Å². The smallest absolute Gasteiger partial charge is 0.305 e. The maximum Gasteiger partial charge on any atom is 0.305 e. The Morgan fingerprint density at radius 3 is 2.54 bits per heavy atom. The largest absolute Gasteiger partial charge is 0.481 e. The Balaban J connectivity index is 3.48. The van der Waals surface area contributed by atoms with E-state index in [2.05, 4.69) is 12.1 Å². The van der Waals surface area contributed by atoms with E-state index in [1.54, 1.807) is 0 Å². The predicted octanol–water partition coefficient (Wildman–Crippen LogP) is 2.57. The molecule has 0 aromatic heterocycles. The van der Waals surface area contributed by atoms with Gasteiger partial charge in [0.2, 0.25) is 0 Å². The summed E-state index contributed by atoms with van der Waals surface area (Å²) in [5, 5.41) is 11.2. The number of nitrogens with zero attached hydrogens (tertiary/aromatic N) is 1. The molecule has 0 fully saturated rings. The highest BCUT2D eigenvalue weighted by molar-refractivity contribution is 5.67. The first-order valence-electron chi connectivity index (χ1n) is 4.75. The number of nitroso groups, excluding NO2 is 1. The highest BCUT2D eigenvalue weighted by Gasteiger charge is 2.12. The second kappa shape index (κ2) is 7.71. The second-order valence-electron chi connectivity index (χ2n) is 3.21. The fourth-order valence-electron chi connectivity index (χ4n) is 1.20. The fraction of sp³-hybridized carbons (Fsp3) is 0.889. The van der Waals surface area contributed by atoms with Crippen molar-refractivity contribution in [2.24, 2.45) is 5.18 Å². The normalized spacial score (nSPS) is 12.4. The van der Waals surface area contributed by atoms with Crippen molar-refractivity contribution in [2.75, 3.05) is 0 Å². The predicted molar refractivity (Wildman–Crippen MR) is 50.6 cm³/mol. The highest BCUT2D eigenvalue weighted by atomic mass is 16.4. The van der Waals surface area contributed by atoms with E-state index in [0.29, 0.717) is 6.42 Å². The summed E-state index contributed by atoms with van der Waals surface area (Å²) in [5.41, 5.74) is 0. The molecule has 4 heteroatoms. The Morgan fingerprint density at radius 1 is 1.38 bits per heavy atom. The first-order chi connectivity index (χ1) is 6.20. The minimum Gasteiger partial charge on any atom is -0.481 e. The second-order valence-corrected chi connectivity index (χ2v) is 3.21. The van der Waals surface area contributed by atoms with Crippen LogP contribution in [0.5, 0.6) is 0 Å². The number of rotatable bonds is 8. The number of aliphatic carboxylic acids is 1. The van der Waals surface area contributed by atoms with E-state index in [0.717, 1.165) is 25.7 Å². The fourth-order valence-corrected chi connectivity index (χ4v) is 1.20. The summed E-state index contributed by atoms with van der Waals surface area (Å²) in [5.74, 6) is -0.944. The highest BCUT2D eigenvalue weighted by Crippen LogP contribution is 2.10. The van der Waals surface area contributed by atoms with Crippen LogP contribution >= 0.6 is 0 Å². The third kappa shape index (κ3) is 7.43. The van der Waals surface area contributed by atoms with Crippen LogP contribution in [0.1, 0.15) is 45.4 Å². The molecular weight excluding hydrogens is 170 g/mol. The van der Waals surface area contributed by atoms with Crippen molar-refractivity contribution in [2.45, 2.75) is 51.5 Å². The molecule has 0 saturated heterocycles. The Labute approximate surface area is 78.3 Å². The van der Waals surface area contributed by atoms with Gasteiger partial charge in [0.15, 0.2) is 0 Å². The molecule has 0 aromatic carbocycles. The molecule has 1 unspecified atom stereocenters. The molecule has 0 radical (unpaired) electrons. The van der Waals surface area contributed by atoms with Gasteiger partial charge in [-0.2, -0.15) is 4.91 Å². The number of carboxylic acids is 1. The average Bonchev–Trinajstić information content (AvgIpc) is 2.09. The van der Waals surface area contributed by atoms with Crippen molar-refractivity contribution >= 4 is 5.97 Å². The monoisotopic (exact) mass is 187 g/mol. The van der Waals surface area contributed by atoms with Gasteiger partial charge in [0.1, 0.15) is 6.04 Å². The molecular formula is C9H17NO3. The maximum absolute atomic E-state index is 10.3. The van der Waals surface area contributed by atoms with Gasteiger partial charge in [-0.25, -0.2) is 0 Å². The molecule has 13 heavy (non-hydrogen) atoms. The first kappa shape index (κ1) is 12.1. The first-order valence-corrected chi connectivity index (χ1v) is 4.75. The molecule has 0 bridgehead atoms. The minimum atomic E-state index is -0.944. The molecule has 0 aliphatic heterocycles. The summed E-state index contributed by atoms with van der Waals surface area (Å²) in [6.45, 7) is 2.10. The lowest BCUT2D eigenvalue weighted by atomic mass is 10.1.